The molecule has 1 heterocycles. The molecule has 100 valence electrons. The maximum atomic E-state index is 6.23. The van der Waals surface area contributed by atoms with Gasteiger partial charge in [0.15, 0.2) is 0 Å². The highest BCUT2D eigenvalue weighted by Crippen LogP contribution is 2.17. The van der Waals surface area contributed by atoms with Crippen LogP contribution in [0.5, 0.6) is 0 Å². The number of nitrogens with zero attached hydrogens (tertiary/aromatic N) is 2. The number of benzene rings is 1. The van der Waals surface area contributed by atoms with Crippen LogP contribution in [-0.2, 0) is 6.54 Å². The van der Waals surface area contributed by atoms with E-state index in [2.05, 4.69) is 28.9 Å². The molecule has 2 rings (SSSR count). The quantitative estimate of drug-likeness (QED) is 0.825. The number of rotatable bonds is 4. The van der Waals surface area contributed by atoms with Crippen LogP contribution in [0, 0.1) is 0 Å². The van der Waals surface area contributed by atoms with E-state index in [9.17, 15) is 0 Å². The predicted octanol–water partition coefficient (Wildman–Crippen LogP) is 3.26. The first-order chi connectivity index (χ1) is 8.79. The van der Waals surface area contributed by atoms with Crippen LogP contribution in [-0.4, -0.2) is 42.5 Å². The molecule has 1 aromatic carbocycles. The summed E-state index contributed by atoms with van der Waals surface area (Å²) in [5, 5.41) is 0.896. The normalized spacial score (nSPS) is 18.8. The van der Waals surface area contributed by atoms with Crippen LogP contribution in [0.15, 0.2) is 24.3 Å². The second-order valence-corrected chi connectivity index (χ2v) is 5.47. The smallest absolute Gasteiger partial charge is 0.0451 e. The molecule has 0 N–H and O–H groups in total. The fourth-order valence-corrected chi connectivity index (χ4v) is 2.79. The van der Waals surface area contributed by atoms with Crippen LogP contribution < -0.4 is 0 Å². The van der Waals surface area contributed by atoms with Gasteiger partial charge in [-0.2, -0.15) is 0 Å². The Hall–Kier alpha value is -0.570. The molecule has 1 aliphatic heterocycles. The lowest BCUT2D eigenvalue weighted by Crippen LogP contribution is -2.31. The predicted molar refractivity (Wildman–Crippen MR) is 78.1 cm³/mol. The molecule has 1 aliphatic rings. The molecule has 0 atom stereocenters. The minimum Gasteiger partial charge on any atom is -0.302 e. The zero-order chi connectivity index (χ0) is 12.8. The highest BCUT2D eigenvalue weighted by atomic mass is 35.5. The summed E-state index contributed by atoms with van der Waals surface area (Å²) in [6.45, 7) is 9.26. The standard InChI is InChI=1S/C15H23ClN2/c1-2-8-17-9-5-10-18(12-11-17)13-14-6-3-4-7-15(14)16/h3-4,6-7H,2,5,8-13H2,1H3. The molecule has 0 amide bonds. The molecule has 1 saturated heterocycles. The fourth-order valence-electron chi connectivity index (χ4n) is 2.59. The van der Waals surface area contributed by atoms with Gasteiger partial charge in [0.2, 0.25) is 0 Å². The summed E-state index contributed by atoms with van der Waals surface area (Å²) in [7, 11) is 0. The summed E-state index contributed by atoms with van der Waals surface area (Å²) >= 11 is 6.23. The monoisotopic (exact) mass is 266 g/mol. The van der Waals surface area contributed by atoms with Gasteiger partial charge in [0, 0.05) is 24.7 Å². The molecule has 1 aromatic rings. The minimum atomic E-state index is 0.896. The lowest BCUT2D eigenvalue weighted by Gasteiger charge is -2.21. The van der Waals surface area contributed by atoms with Crippen molar-refractivity contribution in [3.63, 3.8) is 0 Å². The van der Waals surface area contributed by atoms with E-state index in [0.717, 1.165) is 18.1 Å². The third-order valence-corrected chi connectivity index (χ3v) is 3.94. The zero-order valence-electron chi connectivity index (χ0n) is 11.2. The van der Waals surface area contributed by atoms with Crippen molar-refractivity contribution in [1.82, 2.24) is 9.80 Å². The van der Waals surface area contributed by atoms with Gasteiger partial charge in [-0.1, -0.05) is 36.7 Å². The van der Waals surface area contributed by atoms with E-state index in [1.165, 1.54) is 44.6 Å². The Morgan fingerprint density at radius 2 is 1.78 bits per heavy atom. The van der Waals surface area contributed by atoms with Crippen LogP contribution in [0.2, 0.25) is 5.02 Å². The molecular formula is C15H23ClN2. The highest BCUT2D eigenvalue weighted by Gasteiger charge is 2.14. The van der Waals surface area contributed by atoms with E-state index in [1.54, 1.807) is 0 Å². The zero-order valence-corrected chi connectivity index (χ0v) is 12.0. The lowest BCUT2D eigenvalue weighted by molar-refractivity contribution is 0.252. The topological polar surface area (TPSA) is 6.48 Å². The van der Waals surface area contributed by atoms with Gasteiger partial charge in [-0.15, -0.1) is 0 Å². The van der Waals surface area contributed by atoms with E-state index in [-0.39, 0.29) is 0 Å². The van der Waals surface area contributed by atoms with Gasteiger partial charge in [0.25, 0.3) is 0 Å². The molecule has 0 saturated carbocycles. The van der Waals surface area contributed by atoms with Crippen molar-refractivity contribution in [2.75, 3.05) is 32.7 Å². The van der Waals surface area contributed by atoms with Crippen LogP contribution in [0.3, 0.4) is 0 Å². The minimum absolute atomic E-state index is 0.896. The van der Waals surface area contributed by atoms with Gasteiger partial charge in [-0.05, 0) is 44.1 Å². The number of hydrogen-bond donors (Lipinski definition) is 0. The van der Waals surface area contributed by atoms with Crippen LogP contribution in [0.25, 0.3) is 0 Å². The Morgan fingerprint density at radius 1 is 1.06 bits per heavy atom. The fraction of sp³-hybridized carbons (Fsp3) is 0.600. The molecular weight excluding hydrogens is 244 g/mol. The molecule has 18 heavy (non-hydrogen) atoms. The van der Waals surface area contributed by atoms with E-state index in [0.29, 0.717) is 0 Å². The van der Waals surface area contributed by atoms with Crippen LogP contribution in [0.4, 0.5) is 0 Å². The van der Waals surface area contributed by atoms with Gasteiger partial charge in [-0.25, -0.2) is 0 Å². The molecule has 0 unspecified atom stereocenters. The second kappa shape index (κ2) is 7.13. The molecule has 0 bridgehead atoms. The maximum absolute atomic E-state index is 6.23. The van der Waals surface area contributed by atoms with E-state index < -0.39 is 0 Å². The van der Waals surface area contributed by atoms with Gasteiger partial charge in [0.05, 0.1) is 0 Å². The van der Waals surface area contributed by atoms with Gasteiger partial charge in [0.1, 0.15) is 0 Å². The summed E-state index contributed by atoms with van der Waals surface area (Å²) in [5.74, 6) is 0. The molecule has 2 nitrogen and oxygen atoms in total. The highest BCUT2D eigenvalue weighted by molar-refractivity contribution is 6.31. The van der Waals surface area contributed by atoms with Crippen molar-refractivity contribution < 1.29 is 0 Å². The first-order valence-electron chi connectivity index (χ1n) is 6.97. The maximum Gasteiger partial charge on any atom is 0.0451 e. The summed E-state index contributed by atoms with van der Waals surface area (Å²) < 4.78 is 0. The molecule has 1 fully saturated rings. The molecule has 0 radical (unpaired) electrons. The SMILES string of the molecule is CCCN1CCCN(Cc2ccccc2Cl)CC1. The molecule has 3 heteroatoms. The Labute approximate surface area is 116 Å². The summed E-state index contributed by atoms with van der Waals surface area (Å²) in [6, 6.07) is 8.19. The summed E-state index contributed by atoms with van der Waals surface area (Å²) in [6.07, 6.45) is 2.52. The second-order valence-electron chi connectivity index (χ2n) is 5.06. The van der Waals surface area contributed by atoms with Crippen molar-refractivity contribution in [3.8, 4) is 0 Å². The average Bonchev–Trinajstić information content (AvgIpc) is 2.59. The Balaban J connectivity index is 1.89. The van der Waals surface area contributed by atoms with E-state index >= 15 is 0 Å². The molecule has 0 aliphatic carbocycles. The van der Waals surface area contributed by atoms with Gasteiger partial charge >= 0.3 is 0 Å². The summed E-state index contributed by atoms with van der Waals surface area (Å²) in [5.41, 5.74) is 1.25. The van der Waals surface area contributed by atoms with E-state index in [4.69, 9.17) is 11.6 Å². The Kier molecular flexibility index (Phi) is 5.48. The molecule has 0 aromatic heterocycles. The van der Waals surface area contributed by atoms with Crippen molar-refractivity contribution in [2.45, 2.75) is 26.3 Å². The average molecular weight is 267 g/mol. The molecule has 0 spiro atoms. The summed E-state index contributed by atoms with van der Waals surface area (Å²) in [4.78, 5) is 5.10. The van der Waals surface area contributed by atoms with Gasteiger partial charge in [-0.3, -0.25) is 4.90 Å². The van der Waals surface area contributed by atoms with Crippen molar-refractivity contribution >= 4 is 11.6 Å². The Bertz CT molecular complexity index is 367. The van der Waals surface area contributed by atoms with Crippen molar-refractivity contribution in [3.05, 3.63) is 34.9 Å². The van der Waals surface area contributed by atoms with Crippen molar-refractivity contribution in [2.24, 2.45) is 0 Å². The van der Waals surface area contributed by atoms with Crippen molar-refractivity contribution in [1.29, 1.82) is 0 Å². The third-order valence-electron chi connectivity index (χ3n) is 3.57. The first-order valence-corrected chi connectivity index (χ1v) is 7.35. The van der Waals surface area contributed by atoms with Gasteiger partial charge < -0.3 is 4.90 Å². The van der Waals surface area contributed by atoms with Crippen LogP contribution >= 0.6 is 11.6 Å². The number of halogens is 1. The first kappa shape index (κ1) is 13.9. The van der Waals surface area contributed by atoms with E-state index in [1.807, 2.05) is 12.1 Å². The lowest BCUT2D eigenvalue weighted by atomic mass is 10.2. The third kappa shape index (κ3) is 3.98. The Morgan fingerprint density at radius 3 is 2.56 bits per heavy atom. The van der Waals surface area contributed by atoms with Crippen LogP contribution in [0.1, 0.15) is 25.3 Å². The largest absolute Gasteiger partial charge is 0.302 e. The number of hydrogen-bond acceptors (Lipinski definition) is 2.